The second-order valence-corrected chi connectivity index (χ2v) is 5.56. The molecule has 0 bridgehead atoms. The average molecular weight is 323 g/mol. The zero-order valence-corrected chi connectivity index (χ0v) is 13.4. The molecule has 0 atom stereocenters. The topological polar surface area (TPSA) is 65.1 Å². The lowest BCUT2D eigenvalue weighted by atomic mass is 10.2. The maximum absolute atomic E-state index is 13.4. The Bertz CT molecular complexity index is 668. The number of methoxy groups -OCH3 is 1. The molecule has 0 N–H and O–H groups in total. The molecule has 1 aromatic carbocycles. The van der Waals surface area contributed by atoms with Gasteiger partial charge in [0.1, 0.15) is 0 Å². The van der Waals surface area contributed by atoms with Crippen molar-refractivity contribution in [3.8, 4) is 5.75 Å². The number of likely N-dealkylation sites (N-methyl/N-ethyl adjacent to an activating group) is 1. The van der Waals surface area contributed by atoms with Crippen LogP contribution in [0.15, 0.2) is 30.0 Å². The zero-order valence-electron chi connectivity index (χ0n) is 13.4. The van der Waals surface area contributed by atoms with Gasteiger partial charge in [-0.1, -0.05) is 6.07 Å². The van der Waals surface area contributed by atoms with Crippen molar-refractivity contribution in [1.29, 1.82) is 0 Å². The fraction of sp³-hybridized carbons (Fsp3) is 0.375. The van der Waals surface area contributed by atoms with E-state index in [1.807, 2.05) is 0 Å². The molecule has 1 fully saturated rings. The fourth-order valence-corrected chi connectivity index (χ4v) is 2.07. The lowest BCUT2D eigenvalue weighted by Gasteiger charge is -2.16. The monoisotopic (exact) mass is 323 g/mol. The van der Waals surface area contributed by atoms with E-state index in [1.165, 1.54) is 24.1 Å². The summed E-state index contributed by atoms with van der Waals surface area (Å²) in [7, 11) is 2.92. The minimum atomic E-state index is -1.08. The summed E-state index contributed by atoms with van der Waals surface area (Å²) < 4.78 is 28.5. The number of benzene rings is 1. The Morgan fingerprint density at radius 3 is 2.65 bits per heavy atom. The molecule has 0 unspecified atom stereocenters. The number of carbonyl (C=O) groups excluding carboxylic acids is 2. The van der Waals surface area contributed by atoms with E-state index in [2.05, 4.69) is 0 Å². The van der Waals surface area contributed by atoms with Crippen LogP contribution in [0.3, 0.4) is 0 Å². The van der Waals surface area contributed by atoms with Crippen LogP contribution < -0.4 is 4.74 Å². The normalized spacial score (nSPS) is 17.6. The Morgan fingerprint density at radius 1 is 1.39 bits per heavy atom. The number of halogens is 1. The first-order valence-corrected chi connectivity index (χ1v) is 6.93. The molecule has 0 aromatic heterocycles. The molecule has 0 spiro atoms. The quantitative estimate of drug-likeness (QED) is 0.626. The van der Waals surface area contributed by atoms with Crippen molar-refractivity contribution in [3.63, 3.8) is 0 Å². The van der Waals surface area contributed by atoms with Crippen molar-refractivity contribution in [2.24, 2.45) is 0 Å². The molecule has 1 aromatic rings. The van der Waals surface area contributed by atoms with E-state index < -0.39 is 23.5 Å². The van der Waals surface area contributed by atoms with Gasteiger partial charge in [0.25, 0.3) is 5.91 Å². The van der Waals surface area contributed by atoms with Gasteiger partial charge in [-0.05, 0) is 17.7 Å². The molecule has 1 saturated heterocycles. The molecule has 0 saturated carbocycles. The SMILES string of the molecule is COc1cc(CN(C)C(=O)C=C2OC(C)(C)OC2=O)ccc1F. The van der Waals surface area contributed by atoms with E-state index in [1.54, 1.807) is 27.0 Å². The summed E-state index contributed by atoms with van der Waals surface area (Å²) in [6, 6.07) is 4.33. The van der Waals surface area contributed by atoms with Crippen molar-refractivity contribution < 1.29 is 28.2 Å². The number of ether oxygens (including phenoxy) is 3. The van der Waals surface area contributed by atoms with Crippen molar-refractivity contribution in [2.45, 2.75) is 26.2 Å². The molecule has 0 aliphatic carbocycles. The number of esters is 1. The Labute approximate surface area is 133 Å². The molecular weight excluding hydrogens is 305 g/mol. The standard InChI is InChI=1S/C16H18FNO5/c1-16(2)22-13(15(20)23-16)8-14(19)18(3)9-10-5-6-11(17)12(7-10)21-4/h5-8H,9H2,1-4H3. The van der Waals surface area contributed by atoms with Gasteiger partial charge in [0.15, 0.2) is 11.6 Å². The second-order valence-electron chi connectivity index (χ2n) is 5.56. The number of hydrogen-bond donors (Lipinski definition) is 0. The van der Waals surface area contributed by atoms with Gasteiger partial charge in [-0.15, -0.1) is 0 Å². The summed E-state index contributed by atoms with van der Waals surface area (Å²) in [6.07, 6.45) is 1.08. The highest BCUT2D eigenvalue weighted by Gasteiger charge is 2.37. The van der Waals surface area contributed by atoms with E-state index in [-0.39, 0.29) is 18.1 Å². The molecule has 1 heterocycles. The molecule has 23 heavy (non-hydrogen) atoms. The summed E-state index contributed by atoms with van der Waals surface area (Å²) >= 11 is 0. The number of hydrogen-bond acceptors (Lipinski definition) is 5. The molecule has 2 rings (SSSR count). The number of carbonyl (C=O) groups is 2. The maximum Gasteiger partial charge on any atom is 0.377 e. The molecule has 7 heteroatoms. The fourth-order valence-electron chi connectivity index (χ4n) is 2.07. The predicted octanol–water partition coefficient (Wildman–Crippen LogP) is 1.99. The molecule has 124 valence electrons. The zero-order chi connectivity index (χ0) is 17.2. The lowest BCUT2D eigenvalue weighted by molar-refractivity contribution is -0.159. The third-order valence-corrected chi connectivity index (χ3v) is 3.16. The molecule has 1 amide bonds. The summed E-state index contributed by atoms with van der Waals surface area (Å²) in [6.45, 7) is 3.37. The van der Waals surface area contributed by atoms with Crippen LogP contribution in [0.25, 0.3) is 0 Å². The third-order valence-electron chi connectivity index (χ3n) is 3.16. The maximum atomic E-state index is 13.4. The van der Waals surface area contributed by atoms with Crippen LogP contribution in [0, 0.1) is 5.82 Å². The summed E-state index contributed by atoms with van der Waals surface area (Å²) in [4.78, 5) is 25.1. The van der Waals surface area contributed by atoms with Crippen LogP contribution in [0.1, 0.15) is 19.4 Å². The van der Waals surface area contributed by atoms with Crippen molar-refractivity contribution >= 4 is 11.9 Å². The Kier molecular flexibility index (Phi) is 4.58. The highest BCUT2D eigenvalue weighted by atomic mass is 19.1. The first kappa shape index (κ1) is 16.8. The van der Waals surface area contributed by atoms with Gasteiger partial charge in [0.2, 0.25) is 11.5 Å². The van der Waals surface area contributed by atoms with Gasteiger partial charge in [-0.25, -0.2) is 9.18 Å². The number of rotatable bonds is 4. The lowest BCUT2D eigenvalue weighted by Crippen LogP contribution is -2.25. The summed E-state index contributed by atoms with van der Waals surface area (Å²) in [5, 5.41) is 0. The van der Waals surface area contributed by atoms with Gasteiger partial charge < -0.3 is 19.1 Å². The smallest absolute Gasteiger partial charge is 0.377 e. The average Bonchev–Trinajstić information content (AvgIpc) is 2.73. The van der Waals surface area contributed by atoms with E-state index in [0.29, 0.717) is 5.56 Å². The van der Waals surface area contributed by atoms with Crippen LogP contribution in [-0.4, -0.2) is 36.7 Å². The van der Waals surface area contributed by atoms with Crippen LogP contribution >= 0.6 is 0 Å². The van der Waals surface area contributed by atoms with Gasteiger partial charge in [-0.3, -0.25) is 4.79 Å². The summed E-state index contributed by atoms with van der Waals surface area (Å²) in [5.74, 6) is -2.70. The number of cyclic esters (lactones) is 1. The third kappa shape index (κ3) is 4.00. The van der Waals surface area contributed by atoms with Crippen LogP contribution in [0.2, 0.25) is 0 Å². The highest BCUT2D eigenvalue weighted by Crippen LogP contribution is 2.26. The Hall–Kier alpha value is -2.57. The van der Waals surface area contributed by atoms with Crippen LogP contribution in [0.4, 0.5) is 4.39 Å². The van der Waals surface area contributed by atoms with Gasteiger partial charge in [0.05, 0.1) is 13.2 Å². The van der Waals surface area contributed by atoms with E-state index >= 15 is 0 Å². The Morgan fingerprint density at radius 2 is 2.09 bits per heavy atom. The van der Waals surface area contributed by atoms with Crippen molar-refractivity contribution in [3.05, 3.63) is 41.4 Å². The Balaban J connectivity index is 2.07. The molecule has 6 nitrogen and oxygen atoms in total. The second kappa shape index (κ2) is 6.28. The van der Waals surface area contributed by atoms with Crippen molar-refractivity contribution in [2.75, 3.05) is 14.2 Å². The molecule has 0 radical (unpaired) electrons. The first-order chi connectivity index (χ1) is 10.7. The molecule has 1 aliphatic rings. The van der Waals surface area contributed by atoms with E-state index in [0.717, 1.165) is 6.08 Å². The van der Waals surface area contributed by atoms with E-state index in [4.69, 9.17) is 14.2 Å². The van der Waals surface area contributed by atoms with Crippen LogP contribution in [0.5, 0.6) is 5.75 Å². The van der Waals surface area contributed by atoms with Gasteiger partial charge in [-0.2, -0.15) is 0 Å². The van der Waals surface area contributed by atoms with Crippen molar-refractivity contribution in [1.82, 2.24) is 4.90 Å². The summed E-state index contributed by atoms with van der Waals surface area (Å²) in [5.41, 5.74) is 0.688. The predicted molar refractivity (Wildman–Crippen MR) is 78.8 cm³/mol. The minimum absolute atomic E-state index is 0.103. The highest BCUT2D eigenvalue weighted by molar-refractivity contribution is 5.97. The number of nitrogens with zero attached hydrogens (tertiary/aromatic N) is 1. The van der Waals surface area contributed by atoms with Gasteiger partial charge in [0, 0.05) is 27.4 Å². The minimum Gasteiger partial charge on any atom is -0.494 e. The van der Waals surface area contributed by atoms with Gasteiger partial charge >= 0.3 is 5.97 Å². The first-order valence-electron chi connectivity index (χ1n) is 6.93. The van der Waals surface area contributed by atoms with Crippen LogP contribution in [-0.2, 0) is 25.6 Å². The largest absolute Gasteiger partial charge is 0.494 e. The molecule has 1 aliphatic heterocycles. The number of amides is 1. The molecular formula is C16H18FNO5. The van der Waals surface area contributed by atoms with E-state index in [9.17, 15) is 14.0 Å².